The second-order valence-corrected chi connectivity index (χ2v) is 4.25. The summed E-state index contributed by atoms with van der Waals surface area (Å²) in [5, 5.41) is 2.49. The Kier molecular flexibility index (Phi) is 4.32. The maximum Gasteiger partial charge on any atom is 0.258 e. The first-order chi connectivity index (χ1) is 9.61. The average Bonchev–Trinajstić information content (AvgIpc) is 2.44. The van der Waals surface area contributed by atoms with Crippen molar-refractivity contribution in [2.45, 2.75) is 6.10 Å². The zero-order chi connectivity index (χ0) is 14.5. The van der Waals surface area contributed by atoms with E-state index in [2.05, 4.69) is 5.32 Å². The van der Waals surface area contributed by atoms with Crippen molar-refractivity contribution < 1.29 is 13.9 Å². The number of halogens is 1. The van der Waals surface area contributed by atoms with E-state index in [-0.39, 0.29) is 5.69 Å². The Hall–Kier alpha value is -2.40. The molecule has 0 heterocycles. The molecule has 2 aromatic rings. The van der Waals surface area contributed by atoms with Crippen LogP contribution >= 0.6 is 0 Å². The molecule has 20 heavy (non-hydrogen) atoms. The van der Waals surface area contributed by atoms with Crippen LogP contribution in [0.5, 0.6) is 0 Å². The summed E-state index contributed by atoms with van der Waals surface area (Å²) in [5.41, 5.74) is 6.52. The van der Waals surface area contributed by atoms with Crippen LogP contribution in [0.25, 0.3) is 0 Å². The van der Waals surface area contributed by atoms with Crippen molar-refractivity contribution in [3.8, 4) is 0 Å². The molecule has 0 aromatic heterocycles. The number of anilines is 2. The molecule has 0 aliphatic carbocycles. The smallest absolute Gasteiger partial charge is 0.258 e. The molecule has 1 atom stereocenters. The fourth-order valence-corrected chi connectivity index (χ4v) is 1.85. The Morgan fingerprint density at radius 1 is 1.25 bits per heavy atom. The lowest BCUT2D eigenvalue weighted by molar-refractivity contribution is -0.126. The highest BCUT2D eigenvalue weighted by molar-refractivity contribution is 5.95. The number of rotatable bonds is 4. The van der Waals surface area contributed by atoms with Crippen molar-refractivity contribution in [1.82, 2.24) is 0 Å². The minimum Gasteiger partial charge on any atom is -0.399 e. The number of nitrogens with two attached hydrogens (primary N) is 1. The largest absolute Gasteiger partial charge is 0.399 e. The van der Waals surface area contributed by atoms with Crippen LogP contribution in [-0.2, 0) is 9.53 Å². The van der Waals surface area contributed by atoms with Gasteiger partial charge >= 0.3 is 0 Å². The summed E-state index contributed by atoms with van der Waals surface area (Å²) in [5.74, 6) is -1.02. The Labute approximate surface area is 116 Å². The van der Waals surface area contributed by atoms with Crippen LogP contribution < -0.4 is 11.1 Å². The van der Waals surface area contributed by atoms with E-state index in [9.17, 15) is 9.18 Å². The predicted octanol–water partition coefficient (Wildman–Crippen LogP) is 2.73. The van der Waals surface area contributed by atoms with E-state index in [1.54, 1.807) is 24.3 Å². The number of hydrogen-bond acceptors (Lipinski definition) is 3. The van der Waals surface area contributed by atoms with Gasteiger partial charge in [0.05, 0.1) is 5.69 Å². The van der Waals surface area contributed by atoms with Gasteiger partial charge in [-0.05, 0) is 23.8 Å². The normalized spacial score (nSPS) is 11.9. The molecule has 104 valence electrons. The van der Waals surface area contributed by atoms with Gasteiger partial charge in [0, 0.05) is 12.8 Å². The summed E-state index contributed by atoms with van der Waals surface area (Å²) in [6, 6.07) is 13.1. The number of nitrogen functional groups attached to an aromatic ring is 1. The highest BCUT2D eigenvalue weighted by atomic mass is 19.1. The first-order valence-corrected chi connectivity index (χ1v) is 6.05. The lowest BCUT2D eigenvalue weighted by atomic mass is 10.1. The molecule has 2 aromatic carbocycles. The van der Waals surface area contributed by atoms with Gasteiger partial charge in [-0.25, -0.2) is 4.39 Å². The predicted molar refractivity (Wildman–Crippen MR) is 75.6 cm³/mol. The summed E-state index contributed by atoms with van der Waals surface area (Å²) in [7, 11) is 1.43. The summed E-state index contributed by atoms with van der Waals surface area (Å²) >= 11 is 0. The number of carbonyl (C=O) groups is 1. The minimum atomic E-state index is -0.798. The van der Waals surface area contributed by atoms with Gasteiger partial charge in [0.15, 0.2) is 6.10 Å². The van der Waals surface area contributed by atoms with Gasteiger partial charge in [0.2, 0.25) is 0 Å². The number of benzene rings is 2. The molecule has 2 rings (SSSR count). The summed E-state index contributed by atoms with van der Waals surface area (Å²) in [6.07, 6.45) is -0.798. The van der Waals surface area contributed by atoms with E-state index in [0.29, 0.717) is 11.3 Å². The third-order valence-corrected chi connectivity index (χ3v) is 2.83. The van der Waals surface area contributed by atoms with Crippen LogP contribution in [0.15, 0.2) is 48.5 Å². The number of methoxy groups -OCH3 is 1. The average molecular weight is 274 g/mol. The SMILES string of the molecule is COC(C(=O)Nc1ccc(N)cc1F)c1ccccc1. The van der Waals surface area contributed by atoms with Gasteiger partial charge in [0.1, 0.15) is 5.82 Å². The Bertz CT molecular complexity index is 602. The fourth-order valence-electron chi connectivity index (χ4n) is 1.85. The Morgan fingerprint density at radius 3 is 2.55 bits per heavy atom. The zero-order valence-electron chi connectivity index (χ0n) is 11.0. The number of hydrogen-bond donors (Lipinski definition) is 2. The minimum absolute atomic E-state index is 0.0715. The van der Waals surface area contributed by atoms with Crippen LogP contribution in [0.2, 0.25) is 0 Å². The van der Waals surface area contributed by atoms with Gasteiger partial charge in [-0.1, -0.05) is 30.3 Å². The van der Waals surface area contributed by atoms with Gasteiger partial charge < -0.3 is 15.8 Å². The molecule has 0 aliphatic rings. The quantitative estimate of drug-likeness (QED) is 0.842. The molecular weight excluding hydrogens is 259 g/mol. The molecule has 3 N–H and O–H groups in total. The van der Waals surface area contributed by atoms with Crippen molar-refractivity contribution in [3.05, 3.63) is 59.9 Å². The molecule has 0 radical (unpaired) electrons. The van der Waals surface area contributed by atoms with Crippen LogP contribution in [0, 0.1) is 5.82 Å². The molecule has 4 nitrogen and oxygen atoms in total. The van der Waals surface area contributed by atoms with E-state index in [1.807, 2.05) is 6.07 Å². The highest BCUT2D eigenvalue weighted by Gasteiger charge is 2.20. The lowest BCUT2D eigenvalue weighted by Gasteiger charge is -2.16. The topological polar surface area (TPSA) is 64.3 Å². The summed E-state index contributed by atoms with van der Waals surface area (Å²) in [6.45, 7) is 0. The van der Waals surface area contributed by atoms with Crippen molar-refractivity contribution in [2.75, 3.05) is 18.2 Å². The maximum absolute atomic E-state index is 13.6. The first-order valence-electron chi connectivity index (χ1n) is 6.05. The second-order valence-electron chi connectivity index (χ2n) is 4.25. The van der Waals surface area contributed by atoms with Crippen LogP contribution in [0.4, 0.5) is 15.8 Å². The third kappa shape index (κ3) is 3.13. The molecule has 0 fully saturated rings. The van der Waals surface area contributed by atoms with Crippen molar-refractivity contribution in [2.24, 2.45) is 0 Å². The number of amides is 1. The summed E-state index contributed by atoms with van der Waals surface area (Å²) in [4.78, 5) is 12.1. The zero-order valence-corrected chi connectivity index (χ0v) is 11.0. The molecule has 0 saturated heterocycles. The molecule has 1 amide bonds. The fraction of sp³-hybridized carbons (Fsp3) is 0.133. The van der Waals surface area contributed by atoms with Crippen molar-refractivity contribution >= 4 is 17.3 Å². The number of carbonyl (C=O) groups excluding carboxylic acids is 1. The standard InChI is InChI=1S/C15H15FN2O2/c1-20-14(10-5-3-2-4-6-10)15(19)18-13-8-7-11(17)9-12(13)16/h2-9,14H,17H2,1H3,(H,18,19). The monoisotopic (exact) mass is 274 g/mol. The molecule has 0 spiro atoms. The van der Waals surface area contributed by atoms with Crippen LogP contribution in [0.1, 0.15) is 11.7 Å². The third-order valence-electron chi connectivity index (χ3n) is 2.83. The van der Waals surface area contributed by atoms with E-state index in [0.717, 1.165) is 6.07 Å². The van der Waals surface area contributed by atoms with E-state index < -0.39 is 17.8 Å². The molecule has 0 bridgehead atoms. The number of nitrogens with one attached hydrogen (secondary N) is 1. The summed E-state index contributed by atoms with van der Waals surface area (Å²) < 4.78 is 18.8. The van der Waals surface area contributed by atoms with Crippen molar-refractivity contribution in [1.29, 1.82) is 0 Å². The van der Waals surface area contributed by atoms with Crippen LogP contribution in [0.3, 0.4) is 0 Å². The molecular formula is C15H15FN2O2. The highest BCUT2D eigenvalue weighted by Crippen LogP contribution is 2.21. The molecule has 1 unspecified atom stereocenters. The lowest BCUT2D eigenvalue weighted by Crippen LogP contribution is -2.23. The van der Waals surface area contributed by atoms with Gasteiger partial charge in [-0.2, -0.15) is 0 Å². The number of ether oxygens (including phenoxy) is 1. The Morgan fingerprint density at radius 2 is 1.95 bits per heavy atom. The maximum atomic E-state index is 13.6. The van der Waals surface area contributed by atoms with E-state index >= 15 is 0 Å². The first kappa shape index (κ1) is 14.0. The van der Waals surface area contributed by atoms with E-state index in [1.165, 1.54) is 19.2 Å². The van der Waals surface area contributed by atoms with Gasteiger partial charge in [0.25, 0.3) is 5.91 Å². The van der Waals surface area contributed by atoms with E-state index in [4.69, 9.17) is 10.5 Å². The molecule has 0 saturated carbocycles. The second kappa shape index (κ2) is 6.16. The Balaban J connectivity index is 2.18. The van der Waals surface area contributed by atoms with Crippen LogP contribution in [-0.4, -0.2) is 13.0 Å². The van der Waals surface area contributed by atoms with Gasteiger partial charge in [-0.15, -0.1) is 0 Å². The van der Waals surface area contributed by atoms with Gasteiger partial charge in [-0.3, -0.25) is 4.79 Å². The van der Waals surface area contributed by atoms with Crippen molar-refractivity contribution in [3.63, 3.8) is 0 Å². The molecule has 5 heteroatoms. The molecule has 0 aliphatic heterocycles.